The number of hydrogen-bond donors (Lipinski definition) is 1. The summed E-state index contributed by atoms with van der Waals surface area (Å²) in [5.41, 5.74) is 6.11. The molecule has 2 rings (SSSR count). The molecule has 1 aliphatic heterocycles. The first-order chi connectivity index (χ1) is 8.41. The Balaban J connectivity index is 2.23. The Kier molecular flexibility index (Phi) is 3.61. The zero-order valence-electron chi connectivity index (χ0n) is 10.7. The Morgan fingerprint density at radius 3 is 2.67 bits per heavy atom. The Hall–Kier alpha value is -1.11. The summed E-state index contributed by atoms with van der Waals surface area (Å²) < 4.78 is 26.3. The quantitative estimate of drug-likeness (QED) is 0.816. The van der Waals surface area contributed by atoms with Crippen LogP contribution in [0.1, 0.15) is 6.42 Å². The van der Waals surface area contributed by atoms with Crippen LogP contribution in [0.2, 0.25) is 0 Å². The maximum Gasteiger partial charge on any atom is 0.243 e. The van der Waals surface area contributed by atoms with Gasteiger partial charge in [0.1, 0.15) is 0 Å². The molecule has 1 aliphatic rings. The Morgan fingerprint density at radius 2 is 2.11 bits per heavy atom. The van der Waals surface area contributed by atoms with Gasteiger partial charge in [-0.3, -0.25) is 0 Å². The molecule has 0 bridgehead atoms. The van der Waals surface area contributed by atoms with E-state index in [0.29, 0.717) is 24.8 Å². The number of sulfonamides is 1. The van der Waals surface area contributed by atoms with Crippen molar-refractivity contribution >= 4 is 15.7 Å². The topological polar surface area (TPSA) is 66.6 Å². The van der Waals surface area contributed by atoms with Crippen molar-refractivity contribution in [2.24, 2.45) is 0 Å². The highest BCUT2D eigenvalue weighted by Gasteiger charge is 2.33. The highest BCUT2D eigenvalue weighted by molar-refractivity contribution is 7.89. The Morgan fingerprint density at radius 1 is 1.39 bits per heavy atom. The lowest BCUT2D eigenvalue weighted by atomic mass is 10.2. The van der Waals surface area contributed by atoms with Crippen molar-refractivity contribution < 1.29 is 8.42 Å². The van der Waals surface area contributed by atoms with Gasteiger partial charge < -0.3 is 10.6 Å². The van der Waals surface area contributed by atoms with Crippen molar-refractivity contribution in [1.29, 1.82) is 0 Å². The van der Waals surface area contributed by atoms with Gasteiger partial charge in [0, 0.05) is 24.8 Å². The van der Waals surface area contributed by atoms with Gasteiger partial charge in [-0.25, -0.2) is 8.42 Å². The van der Waals surface area contributed by atoms with E-state index in [1.807, 2.05) is 14.1 Å². The standard InChI is InChI=1S/C12H19N3O2S/c1-14(2)11-6-7-15(9-11)18(16,17)12-5-3-4-10(13)8-12/h3-5,8,11H,6-7,9,13H2,1-2H3. The predicted octanol–water partition coefficient (Wildman–Crippen LogP) is 0.593. The minimum atomic E-state index is -3.40. The van der Waals surface area contributed by atoms with Crippen LogP contribution in [0, 0.1) is 0 Å². The number of nitrogens with zero attached hydrogens (tertiary/aromatic N) is 2. The molecular weight excluding hydrogens is 250 g/mol. The van der Waals surface area contributed by atoms with E-state index < -0.39 is 10.0 Å². The first-order valence-electron chi connectivity index (χ1n) is 5.93. The van der Waals surface area contributed by atoms with Crippen molar-refractivity contribution in [3.8, 4) is 0 Å². The van der Waals surface area contributed by atoms with Crippen LogP contribution in [0.4, 0.5) is 5.69 Å². The molecular formula is C12H19N3O2S. The van der Waals surface area contributed by atoms with Gasteiger partial charge in [0.05, 0.1) is 4.90 Å². The average Bonchev–Trinajstić information content (AvgIpc) is 2.79. The zero-order valence-corrected chi connectivity index (χ0v) is 11.5. The van der Waals surface area contributed by atoms with Gasteiger partial charge in [-0.2, -0.15) is 4.31 Å². The molecule has 1 aromatic rings. The van der Waals surface area contributed by atoms with Crippen LogP contribution < -0.4 is 5.73 Å². The number of nitrogen functional groups attached to an aromatic ring is 1. The van der Waals surface area contributed by atoms with E-state index in [1.54, 1.807) is 18.2 Å². The van der Waals surface area contributed by atoms with Gasteiger partial charge in [-0.15, -0.1) is 0 Å². The predicted molar refractivity (Wildman–Crippen MR) is 71.7 cm³/mol. The normalized spacial score (nSPS) is 21.6. The van der Waals surface area contributed by atoms with Crippen LogP contribution in [-0.2, 0) is 10.0 Å². The molecule has 0 radical (unpaired) electrons. The molecule has 6 heteroatoms. The van der Waals surface area contributed by atoms with Crippen molar-refractivity contribution in [3.05, 3.63) is 24.3 Å². The SMILES string of the molecule is CN(C)C1CCN(S(=O)(=O)c2cccc(N)c2)C1. The van der Waals surface area contributed by atoms with Gasteiger partial charge in [-0.05, 0) is 38.7 Å². The van der Waals surface area contributed by atoms with E-state index in [1.165, 1.54) is 10.4 Å². The van der Waals surface area contributed by atoms with Crippen LogP contribution in [0.3, 0.4) is 0 Å². The van der Waals surface area contributed by atoms with Crippen LogP contribution >= 0.6 is 0 Å². The number of hydrogen-bond acceptors (Lipinski definition) is 4. The fraction of sp³-hybridized carbons (Fsp3) is 0.500. The molecule has 0 aliphatic carbocycles. The van der Waals surface area contributed by atoms with E-state index in [9.17, 15) is 8.42 Å². The number of nitrogens with two attached hydrogens (primary N) is 1. The molecule has 18 heavy (non-hydrogen) atoms. The molecule has 1 saturated heterocycles. The Bertz CT molecular complexity index is 528. The third kappa shape index (κ3) is 2.50. The highest BCUT2D eigenvalue weighted by Crippen LogP contribution is 2.23. The lowest BCUT2D eigenvalue weighted by molar-refractivity contribution is 0.302. The van der Waals surface area contributed by atoms with E-state index >= 15 is 0 Å². The van der Waals surface area contributed by atoms with E-state index in [4.69, 9.17) is 5.73 Å². The molecule has 0 saturated carbocycles. The maximum atomic E-state index is 12.4. The molecule has 100 valence electrons. The van der Waals surface area contributed by atoms with Crippen molar-refractivity contribution in [3.63, 3.8) is 0 Å². The van der Waals surface area contributed by atoms with Gasteiger partial charge in [0.15, 0.2) is 0 Å². The lowest BCUT2D eigenvalue weighted by Gasteiger charge is -2.20. The van der Waals surface area contributed by atoms with Crippen LogP contribution in [0.25, 0.3) is 0 Å². The van der Waals surface area contributed by atoms with Gasteiger partial charge in [0.2, 0.25) is 10.0 Å². The van der Waals surface area contributed by atoms with Crippen molar-refractivity contribution in [2.45, 2.75) is 17.4 Å². The minimum Gasteiger partial charge on any atom is -0.399 e. The molecule has 1 aromatic carbocycles. The number of benzene rings is 1. The monoisotopic (exact) mass is 269 g/mol. The Labute approximate surface area is 108 Å². The summed E-state index contributed by atoms with van der Waals surface area (Å²) in [5.74, 6) is 0. The summed E-state index contributed by atoms with van der Waals surface area (Å²) in [6.07, 6.45) is 0.870. The summed E-state index contributed by atoms with van der Waals surface area (Å²) >= 11 is 0. The summed E-state index contributed by atoms with van der Waals surface area (Å²) in [6, 6.07) is 6.75. The minimum absolute atomic E-state index is 0.280. The third-order valence-corrected chi connectivity index (χ3v) is 5.21. The van der Waals surface area contributed by atoms with Gasteiger partial charge >= 0.3 is 0 Å². The summed E-state index contributed by atoms with van der Waals surface area (Å²) in [4.78, 5) is 2.34. The maximum absolute atomic E-state index is 12.4. The third-order valence-electron chi connectivity index (χ3n) is 3.35. The van der Waals surface area contributed by atoms with E-state index in [-0.39, 0.29) is 4.90 Å². The van der Waals surface area contributed by atoms with Crippen LogP contribution in [0.5, 0.6) is 0 Å². The van der Waals surface area contributed by atoms with Gasteiger partial charge in [-0.1, -0.05) is 6.07 Å². The molecule has 5 nitrogen and oxygen atoms in total. The first kappa shape index (κ1) is 13.3. The number of anilines is 1. The second-order valence-electron chi connectivity index (χ2n) is 4.84. The second-order valence-corrected chi connectivity index (χ2v) is 6.78. The smallest absolute Gasteiger partial charge is 0.243 e. The summed E-state index contributed by atoms with van der Waals surface area (Å²) in [6.45, 7) is 1.12. The molecule has 1 atom stereocenters. The summed E-state index contributed by atoms with van der Waals surface area (Å²) in [5, 5.41) is 0. The molecule has 0 spiro atoms. The average molecular weight is 269 g/mol. The van der Waals surface area contributed by atoms with Gasteiger partial charge in [0.25, 0.3) is 0 Å². The molecule has 1 fully saturated rings. The largest absolute Gasteiger partial charge is 0.399 e. The molecule has 0 aromatic heterocycles. The number of rotatable bonds is 3. The lowest BCUT2D eigenvalue weighted by Crippen LogP contribution is -2.34. The van der Waals surface area contributed by atoms with E-state index in [2.05, 4.69) is 4.90 Å². The molecule has 0 amide bonds. The second kappa shape index (κ2) is 4.87. The molecule has 1 heterocycles. The van der Waals surface area contributed by atoms with Crippen LogP contribution in [0.15, 0.2) is 29.2 Å². The number of likely N-dealkylation sites (N-methyl/N-ethyl adjacent to an activating group) is 1. The fourth-order valence-electron chi connectivity index (χ4n) is 2.17. The highest BCUT2D eigenvalue weighted by atomic mass is 32.2. The molecule has 1 unspecified atom stereocenters. The zero-order chi connectivity index (χ0) is 13.3. The van der Waals surface area contributed by atoms with E-state index in [0.717, 1.165) is 6.42 Å². The first-order valence-corrected chi connectivity index (χ1v) is 7.37. The fourth-order valence-corrected chi connectivity index (χ4v) is 3.72. The van der Waals surface area contributed by atoms with Crippen molar-refractivity contribution in [1.82, 2.24) is 9.21 Å². The van der Waals surface area contributed by atoms with Crippen LogP contribution in [-0.4, -0.2) is 50.8 Å². The summed E-state index contributed by atoms with van der Waals surface area (Å²) in [7, 11) is 0.546. The molecule has 2 N–H and O–H groups in total. The van der Waals surface area contributed by atoms with Crippen molar-refractivity contribution in [2.75, 3.05) is 32.9 Å².